The molecule has 100 valence electrons. The van der Waals surface area contributed by atoms with E-state index in [9.17, 15) is 4.21 Å². The molecule has 3 heteroatoms. The van der Waals surface area contributed by atoms with Crippen LogP contribution in [-0.4, -0.2) is 16.5 Å². The fourth-order valence-corrected chi connectivity index (χ4v) is 3.88. The Bertz CT molecular complexity index is 442. The van der Waals surface area contributed by atoms with E-state index in [1.54, 1.807) is 0 Å². The standard InChI is InChI=1S/C15H23NOS/c1-4-16-14-6-5-9-18(17)15-8-7-12(11(2)3)10-13(14)15/h7-8,10-11,14,16H,4-6,9H2,1-3H3. The van der Waals surface area contributed by atoms with E-state index in [1.165, 1.54) is 11.1 Å². The van der Waals surface area contributed by atoms with Crippen LogP contribution in [0.4, 0.5) is 0 Å². The molecule has 2 atom stereocenters. The summed E-state index contributed by atoms with van der Waals surface area (Å²) in [5.41, 5.74) is 2.61. The Morgan fingerprint density at radius 1 is 1.44 bits per heavy atom. The van der Waals surface area contributed by atoms with Crippen LogP contribution in [0.1, 0.15) is 56.7 Å². The van der Waals surface area contributed by atoms with Gasteiger partial charge in [-0.15, -0.1) is 0 Å². The summed E-state index contributed by atoms with van der Waals surface area (Å²) in [4.78, 5) is 1.04. The molecule has 0 saturated heterocycles. The molecule has 0 fully saturated rings. The molecule has 2 nitrogen and oxygen atoms in total. The zero-order chi connectivity index (χ0) is 13.1. The lowest BCUT2D eigenvalue weighted by molar-refractivity contribution is 0.508. The van der Waals surface area contributed by atoms with Crippen molar-refractivity contribution in [3.8, 4) is 0 Å². The van der Waals surface area contributed by atoms with Crippen LogP contribution in [0.25, 0.3) is 0 Å². The fourth-order valence-electron chi connectivity index (χ4n) is 2.55. The average molecular weight is 265 g/mol. The summed E-state index contributed by atoms with van der Waals surface area (Å²) < 4.78 is 12.2. The second-order valence-corrected chi connectivity index (χ2v) is 6.79. The number of rotatable bonds is 3. The monoisotopic (exact) mass is 265 g/mol. The van der Waals surface area contributed by atoms with Gasteiger partial charge >= 0.3 is 0 Å². The summed E-state index contributed by atoms with van der Waals surface area (Å²) in [5.74, 6) is 1.32. The van der Waals surface area contributed by atoms with Gasteiger partial charge in [0.25, 0.3) is 0 Å². The summed E-state index contributed by atoms with van der Waals surface area (Å²) >= 11 is 0. The molecule has 0 spiro atoms. The summed E-state index contributed by atoms with van der Waals surface area (Å²) in [6, 6.07) is 6.85. The summed E-state index contributed by atoms with van der Waals surface area (Å²) in [5, 5.41) is 3.53. The van der Waals surface area contributed by atoms with Gasteiger partial charge in [0.1, 0.15) is 0 Å². The maximum Gasteiger partial charge on any atom is 0.0532 e. The van der Waals surface area contributed by atoms with E-state index in [2.05, 4.69) is 44.3 Å². The molecule has 1 aliphatic rings. The third-order valence-corrected chi connectivity index (χ3v) is 5.12. The second-order valence-electron chi connectivity index (χ2n) is 5.25. The minimum Gasteiger partial charge on any atom is -0.310 e. The molecule has 18 heavy (non-hydrogen) atoms. The van der Waals surface area contributed by atoms with Crippen molar-refractivity contribution in [2.24, 2.45) is 0 Å². The average Bonchev–Trinajstić information content (AvgIpc) is 2.50. The first-order valence-electron chi connectivity index (χ1n) is 6.89. The first-order chi connectivity index (χ1) is 8.63. The van der Waals surface area contributed by atoms with E-state index < -0.39 is 10.8 Å². The molecular weight excluding hydrogens is 242 g/mol. The summed E-state index contributed by atoms with van der Waals surface area (Å²) in [7, 11) is -0.818. The molecular formula is C15H23NOS. The quantitative estimate of drug-likeness (QED) is 0.908. The van der Waals surface area contributed by atoms with Crippen molar-refractivity contribution in [1.29, 1.82) is 0 Å². The first kappa shape index (κ1) is 13.8. The maximum absolute atomic E-state index is 12.2. The summed E-state index contributed by atoms with van der Waals surface area (Å²) in [6.45, 7) is 7.51. The molecule has 1 heterocycles. The molecule has 1 N–H and O–H groups in total. The van der Waals surface area contributed by atoms with Crippen molar-refractivity contribution in [3.63, 3.8) is 0 Å². The van der Waals surface area contributed by atoms with Crippen LogP contribution in [0.3, 0.4) is 0 Å². The van der Waals surface area contributed by atoms with Crippen LogP contribution in [-0.2, 0) is 10.8 Å². The smallest absolute Gasteiger partial charge is 0.0532 e. The second kappa shape index (κ2) is 5.98. The Morgan fingerprint density at radius 2 is 2.22 bits per heavy atom. The number of nitrogens with one attached hydrogen (secondary N) is 1. The van der Waals surface area contributed by atoms with Crippen molar-refractivity contribution in [2.75, 3.05) is 12.3 Å². The molecule has 1 aromatic rings. The Labute approximate surface area is 113 Å². The highest BCUT2D eigenvalue weighted by molar-refractivity contribution is 7.85. The van der Waals surface area contributed by atoms with Crippen LogP contribution in [0, 0.1) is 0 Å². The highest BCUT2D eigenvalue weighted by Crippen LogP contribution is 2.31. The predicted octanol–water partition coefficient (Wildman–Crippen LogP) is 3.36. The summed E-state index contributed by atoms with van der Waals surface area (Å²) in [6.07, 6.45) is 2.13. The van der Waals surface area contributed by atoms with Crippen LogP contribution in [0.5, 0.6) is 0 Å². The molecule has 1 aromatic carbocycles. The topological polar surface area (TPSA) is 29.1 Å². The number of hydrogen-bond donors (Lipinski definition) is 1. The third kappa shape index (κ3) is 2.83. The Kier molecular flexibility index (Phi) is 4.57. The van der Waals surface area contributed by atoms with E-state index in [4.69, 9.17) is 0 Å². The van der Waals surface area contributed by atoms with E-state index in [-0.39, 0.29) is 0 Å². The zero-order valence-electron chi connectivity index (χ0n) is 11.5. The molecule has 0 saturated carbocycles. The molecule has 0 amide bonds. The van der Waals surface area contributed by atoms with Crippen molar-refractivity contribution in [3.05, 3.63) is 29.3 Å². The lowest BCUT2D eigenvalue weighted by Crippen LogP contribution is -2.21. The molecule has 2 rings (SSSR count). The van der Waals surface area contributed by atoms with Gasteiger partial charge in [-0.2, -0.15) is 0 Å². The highest BCUT2D eigenvalue weighted by Gasteiger charge is 2.22. The number of fused-ring (bicyclic) bond motifs is 1. The van der Waals surface area contributed by atoms with Crippen LogP contribution >= 0.6 is 0 Å². The van der Waals surface area contributed by atoms with Crippen molar-refractivity contribution in [1.82, 2.24) is 5.32 Å². The molecule has 0 aliphatic carbocycles. The van der Waals surface area contributed by atoms with Crippen molar-refractivity contribution < 1.29 is 4.21 Å². The largest absolute Gasteiger partial charge is 0.310 e. The highest BCUT2D eigenvalue weighted by atomic mass is 32.2. The van der Waals surface area contributed by atoms with E-state index >= 15 is 0 Å². The SMILES string of the molecule is CCNC1CCCS(=O)c2ccc(C(C)C)cc21. The van der Waals surface area contributed by atoms with Gasteiger partial charge in [-0.05, 0) is 42.5 Å². The minimum atomic E-state index is -0.818. The molecule has 0 aromatic heterocycles. The third-order valence-electron chi connectivity index (χ3n) is 3.59. The zero-order valence-corrected chi connectivity index (χ0v) is 12.3. The van der Waals surface area contributed by atoms with Gasteiger partial charge in [0, 0.05) is 16.7 Å². The predicted molar refractivity (Wildman–Crippen MR) is 77.5 cm³/mol. The normalized spacial score (nSPS) is 23.8. The number of benzene rings is 1. The van der Waals surface area contributed by atoms with Crippen molar-refractivity contribution >= 4 is 10.8 Å². The Morgan fingerprint density at radius 3 is 2.89 bits per heavy atom. The van der Waals surface area contributed by atoms with Gasteiger partial charge in [-0.3, -0.25) is 4.21 Å². The van der Waals surface area contributed by atoms with E-state index in [0.717, 1.165) is 30.0 Å². The maximum atomic E-state index is 12.2. The van der Waals surface area contributed by atoms with E-state index in [1.807, 2.05) is 0 Å². The Hall–Kier alpha value is -0.670. The molecule has 2 unspecified atom stereocenters. The van der Waals surface area contributed by atoms with Crippen LogP contribution < -0.4 is 5.32 Å². The van der Waals surface area contributed by atoms with Gasteiger partial charge in [0.05, 0.1) is 10.8 Å². The lowest BCUT2D eigenvalue weighted by atomic mass is 9.96. The van der Waals surface area contributed by atoms with Gasteiger partial charge in [0.2, 0.25) is 0 Å². The van der Waals surface area contributed by atoms with Gasteiger partial charge in [-0.1, -0.05) is 32.9 Å². The van der Waals surface area contributed by atoms with E-state index in [0.29, 0.717) is 12.0 Å². The lowest BCUT2D eigenvalue weighted by Gasteiger charge is -2.19. The number of hydrogen-bond acceptors (Lipinski definition) is 2. The van der Waals surface area contributed by atoms with Gasteiger partial charge in [-0.25, -0.2) is 0 Å². The van der Waals surface area contributed by atoms with Gasteiger partial charge in [0.15, 0.2) is 0 Å². The Balaban J connectivity index is 2.45. The van der Waals surface area contributed by atoms with Gasteiger partial charge < -0.3 is 5.32 Å². The molecule has 1 aliphatic heterocycles. The minimum absolute atomic E-state index is 0.371. The van der Waals surface area contributed by atoms with Crippen LogP contribution in [0.2, 0.25) is 0 Å². The molecule has 0 radical (unpaired) electrons. The fraction of sp³-hybridized carbons (Fsp3) is 0.600. The molecule has 0 bridgehead atoms. The van der Waals surface area contributed by atoms with Crippen molar-refractivity contribution in [2.45, 2.75) is 50.5 Å². The van der Waals surface area contributed by atoms with Crippen LogP contribution in [0.15, 0.2) is 23.1 Å². The first-order valence-corrected chi connectivity index (χ1v) is 8.21.